The van der Waals surface area contributed by atoms with Crippen molar-refractivity contribution in [2.24, 2.45) is 0 Å². The maximum Gasteiger partial charge on any atom is 0.0166 e. The van der Waals surface area contributed by atoms with Crippen molar-refractivity contribution in [3.05, 3.63) is 0 Å². The first-order valence-electron chi connectivity index (χ1n) is 6.75. The Balaban J connectivity index is 2.20. The van der Waals surface area contributed by atoms with Gasteiger partial charge in [-0.15, -0.1) is 0 Å². The molecule has 0 radical (unpaired) electrons. The third kappa shape index (κ3) is 4.81. The fourth-order valence-corrected chi connectivity index (χ4v) is 2.47. The van der Waals surface area contributed by atoms with Crippen LogP contribution in [0.3, 0.4) is 0 Å². The third-order valence-corrected chi connectivity index (χ3v) is 3.62. The van der Waals surface area contributed by atoms with Crippen LogP contribution in [0.5, 0.6) is 0 Å². The van der Waals surface area contributed by atoms with Crippen molar-refractivity contribution in [1.82, 2.24) is 15.1 Å². The van der Waals surface area contributed by atoms with Crippen LogP contribution in [-0.2, 0) is 0 Å². The lowest BCUT2D eigenvalue weighted by molar-refractivity contribution is 0.136. The second kappa shape index (κ2) is 7.25. The summed E-state index contributed by atoms with van der Waals surface area (Å²) < 4.78 is 0. The molecule has 1 N–H and O–H groups in total. The Morgan fingerprint density at radius 3 is 2.56 bits per heavy atom. The summed E-state index contributed by atoms with van der Waals surface area (Å²) in [6.07, 6.45) is 3.88. The van der Waals surface area contributed by atoms with Crippen LogP contribution in [-0.4, -0.2) is 62.2 Å². The van der Waals surface area contributed by atoms with Crippen LogP contribution < -0.4 is 5.32 Å². The fraction of sp³-hybridized carbons (Fsp3) is 1.00. The van der Waals surface area contributed by atoms with Crippen LogP contribution >= 0.6 is 0 Å². The number of nitrogens with one attached hydrogen (secondary N) is 1. The van der Waals surface area contributed by atoms with Crippen molar-refractivity contribution >= 4 is 0 Å². The Kier molecular flexibility index (Phi) is 6.32. The van der Waals surface area contributed by atoms with Crippen LogP contribution in [0.2, 0.25) is 0 Å². The summed E-state index contributed by atoms with van der Waals surface area (Å²) >= 11 is 0. The van der Waals surface area contributed by atoms with E-state index in [9.17, 15) is 0 Å². The first-order chi connectivity index (χ1) is 7.63. The average molecular weight is 227 g/mol. The zero-order chi connectivity index (χ0) is 12.0. The van der Waals surface area contributed by atoms with Gasteiger partial charge in [0.15, 0.2) is 0 Å². The van der Waals surface area contributed by atoms with Gasteiger partial charge in [0.1, 0.15) is 0 Å². The molecule has 1 heterocycles. The molecule has 0 aromatic carbocycles. The number of hydrogen-bond donors (Lipinski definition) is 1. The molecule has 1 fully saturated rings. The SMILES string of the molecule is CCCNC(C)CN(C)C1CCN(C)CC1. The molecule has 0 amide bonds. The molecule has 0 spiro atoms. The maximum absolute atomic E-state index is 3.56. The molecule has 0 aromatic heterocycles. The van der Waals surface area contributed by atoms with E-state index >= 15 is 0 Å². The summed E-state index contributed by atoms with van der Waals surface area (Å²) in [5.41, 5.74) is 0. The molecule has 1 aliphatic rings. The Hall–Kier alpha value is -0.120. The molecular formula is C13H29N3. The van der Waals surface area contributed by atoms with Crippen LogP contribution in [0.1, 0.15) is 33.1 Å². The van der Waals surface area contributed by atoms with Gasteiger partial charge in [-0.3, -0.25) is 0 Å². The molecule has 3 nitrogen and oxygen atoms in total. The van der Waals surface area contributed by atoms with Crippen molar-refractivity contribution in [1.29, 1.82) is 0 Å². The molecule has 0 saturated carbocycles. The second-order valence-electron chi connectivity index (χ2n) is 5.33. The fourth-order valence-electron chi connectivity index (χ4n) is 2.47. The van der Waals surface area contributed by atoms with Gasteiger partial charge in [-0.05, 0) is 59.9 Å². The minimum Gasteiger partial charge on any atom is -0.313 e. The minimum atomic E-state index is 0.615. The van der Waals surface area contributed by atoms with Gasteiger partial charge in [0.05, 0.1) is 0 Å². The van der Waals surface area contributed by atoms with Crippen molar-refractivity contribution in [3.63, 3.8) is 0 Å². The van der Waals surface area contributed by atoms with Gasteiger partial charge in [0.25, 0.3) is 0 Å². The monoisotopic (exact) mass is 227 g/mol. The quantitative estimate of drug-likeness (QED) is 0.740. The molecule has 0 aromatic rings. The Morgan fingerprint density at radius 2 is 2.00 bits per heavy atom. The molecule has 16 heavy (non-hydrogen) atoms. The Bertz CT molecular complexity index is 176. The predicted octanol–water partition coefficient (Wildman–Crippen LogP) is 1.40. The number of likely N-dealkylation sites (tertiary alicyclic amines) is 1. The lowest BCUT2D eigenvalue weighted by atomic mass is 10.0. The molecular weight excluding hydrogens is 198 g/mol. The van der Waals surface area contributed by atoms with Crippen molar-refractivity contribution in [3.8, 4) is 0 Å². The van der Waals surface area contributed by atoms with Gasteiger partial charge >= 0.3 is 0 Å². The van der Waals surface area contributed by atoms with Gasteiger partial charge in [0.2, 0.25) is 0 Å². The molecule has 96 valence electrons. The summed E-state index contributed by atoms with van der Waals surface area (Å²) in [6.45, 7) is 9.34. The van der Waals surface area contributed by atoms with Crippen molar-refractivity contribution in [2.75, 3.05) is 40.3 Å². The zero-order valence-electron chi connectivity index (χ0n) is 11.5. The molecule has 0 aliphatic carbocycles. The molecule has 3 heteroatoms. The van der Waals surface area contributed by atoms with E-state index in [-0.39, 0.29) is 0 Å². The number of rotatable bonds is 6. The first kappa shape index (κ1) is 13.9. The topological polar surface area (TPSA) is 18.5 Å². The van der Waals surface area contributed by atoms with Gasteiger partial charge in [-0.2, -0.15) is 0 Å². The van der Waals surface area contributed by atoms with Crippen molar-refractivity contribution < 1.29 is 0 Å². The van der Waals surface area contributed by atoms with Crippen LogP contribution in [0.25, 0.3) is 0 Å². The summed E-state index contributed by atoms with van der Waals surface area (Å²) in [4.78, 5) is 4.98. The van der Waals surface area contributed by atoms with Crippen molar-refractivity contribution in [2.45, 2.75) is 45.2 Å². The largest absolute Gasteiger partial charge is 0.313 e. The van der Waals surface area contributed by atoms with E-state index in [1.54, 1.807) is 0 Å². The van der Waals surface area contributed by atoms with E-state index in [0.29, 0.717) is 6.04 Å². The summed E-state index contributed by atoms with van der Waals surface area (Å²) in [6, 6.07) is 1.41. The highest BCUT2D eigenvalue weighted by molar-refractivity contribution is 4.78. The van der Waals surface area contributed by atoms with E-state index < -0.39 is 0 Å². The first-order valence-corrected chi connectivity index (χ1v) is 6.75. The lowest BCUT2D eigenvalue weighted by Crippen LogP contribution is -2.46. The standard InChI is InChI=1S/C13H29N3/c1-5-8-14-12(2)11-16(4)13-6-9-15(3)10-7-13/h12-14H,5-11H2,1-4H3. The number of hydrogen-bond acceptors (Lipinski definition) is 3. The van der Waals surface area contributed by atoms with Gasteiger partial charge < -0.3 is 15.1 Å². The van der Waals surface area contributed by atoms with Gasteiger partial charge in [-0.25, -0.2) is 0 Å². The second-order valence-corrected chi connectivity index (χ2v) is 5.33. The number of nitrogens with zero attached hydrogens (tertiary/aromatic N) is 2. The highest BCUT2D eigenvalue weighted by Crippen LogP contribution is 2.14. The van der Waals surface area contributed by atoms with E-state index in [1.807, 2.05) is 0 Å². The average Bonchev–Trinajstić information content (AvgIpc) is 2.27. The van der Waals surface area contributed by atoms with E-state index in [0.717, 1.165) is 12.6 Å². The van der Waals surface area contributed by atoms with E-state index in [1.165, 1.54) is 38.9 Å². The smallest absolute Gasteiger partial charge is 0.0166 e. The molecule has 1 atom stereocenters. The third-order valence-electron chi connectivity index (χ3n) is 3.62. The highest BCUT2D eigenvalue weighted by Gasteiger charge is 2.21. The molecule has 1 unspecified atom stereocenters. The lowest BCUT2D eigenvalue weighted by Gasteiger charge is -2.36. The van der Waals surface area contributed by atoms with Crippen LogP contribution in [0, 0.1) is 0 Å². The summed E-state index contributed by atoms with van der Waals surface area (Å²) in [7, 11) is 4.50. The summed E-state index contributed by atoms with van der Waals surface area (Å²) in [5.74, 6) is 0. The molecule has 0 bridgehead atoms. The molecule has 1 saturated heterocycles. The predicted molar refractivity (Wildman–Crippen MR) is 70.9 cm³/mol. The molecule has 1 rings (SSSR count). The van der Waals surface area contributed by atoms with Gasteiger partial charge in [0, 0.05) is 18.6 Å². The highest BCUT2D eigenvalue weighted by atomic mass is 15.2. The minimum absolute atomic E-state index is 0.615. The Morgan fingerprint density at radius 1 is 1.38 bits per heavy atom. The summed E-state index contributed by atoms with van der Waals surface area (Å²) in [5, 5.41) is 3.56. The maximum atomic E-state index is 3.56. The zero-order valence-corrected chi connectivity index (χ0v) is 11.5. The Labute approximate surface area is 101 Å². The molecule has 1 aliphatic heterocycles. The van der Waals surface area contributed by atoms with E-state index in [2.05, 4.69) is 43.1 Å². The van der Waals surface area contributed by atoms with E-state index in [4.69, 9.17) is 0 Å². The van der Waals surface area contributed by atoms with Gasteiger partial charge in [-0.1, -0.05) is 6.92 Å². The normalized spacial score (nSPS) is 21.6. The van der Waals surface area contributed by atoms with Crippen LogP contribution in [0.4, 0.5) is 0 Å². The number of piperidine rings is 1. The van der Waals surface area contributed by atoms with Crippen LogP contribution in [0.15, 0.2) is 0 Å². The number of likely N-dealkylation sites (N-methyl/N-ethyl adjacent to an activating group) is 1.